The molecule has 1 fully saturated rings. The predicted octanol–water partition coefficient (Wildman–Crippen LogP) is 1.49. The van der Waals surface area contributed by atoms with E-state index in [4.69, 9.17) is 11.7 Å². The van der Waals surface area contributed by atoms with Crippen LogP contribution in [0.5, 0.6) is 0 Å². The van der Waals surface area contributed by atoms with Crippen LogP contribution in [0.3, 0.4) is 0 Å². The minimum absolute atomic E-state index is 0.106. The first-order chi connectivity index (χ1) is 4.33. The summed E-state index contributed by atoms with van der Waals surface area (Å²) in [5.74, 6) is 0.106. The van der Waals surface area contributed by atoms with E-state index in [1.54, 1.807) is 6.08 Å². The van der Waals surface area contributed by atoms with Crippen LogP contribution in [0.25, 0.3) is 0 Å². The third kappa shape index (κ3) is 2.66. The van der Waals surface area contributed by atoms with Gasteiger partial charge in [0.05, 0.1) is 12.7 Å². The molecule has 1 saturated heterocycles. The second kappa shape index (κ2) is 3.02. The zero-order chi connectivity index (χ0) is 6.69. The van der Waals surface area contributed by atoms with Crippen LogP contribution in [0.2, 0.25) is 0 Å². The van der Waals surface area contributed by atoms with Crippen LogP contribution in [0.15, 0.2) is 12.7 Å². The fourth-order valence-corrected chi connectivity index (χ4v) is 0.597. The molecule has 0 N–H and O–H groups in total. The normalized spacial score (nSPS) is 27.4. The topological polar surface area (TPSA) is 12.5 Å². The fourth-order valence-electron chi connectivity index (χ4n) is 0.597. The Morgan fingerprint density at radius 2 is 2.56 bits per heavy atom. The Labute approximate surface area is 56.7 Å². The van der Waals surface area contributed by atoms with Crippen molar-refractivity contribution in [1.82, 2.24) is 0 Å². The lowest BCUT2D eigenvalue weighted by atomic mass is 10.1. The molecule has 1 nitrogen and oxygen atoms in total. The van der Waals surface area contributed by atoms with Crippen molar-refractivity contribution in [3.8, 4) is 0 Å². The number of ether oxygens (including phenoxy) is 1. The summed E-state index contributed by atoms with van der Waals surface area (Å²) < 4.78 is 4.96. The van der Waals surface area contributed by atoms with E-state index in [0.717, 1.165) is 13.0 Å². The quantitative estimate of drug-likeness (QED) is 0.407. The molecule has 0 aromatic heterocycles. The van der Waals surface area contributed by atoms with Crippen LogP contribution >= 0.6 is 0 Å². The molecule has 49 valence electrons. The fraction of sp³-hybridized carbons (Fsp3) is 0.500. The molecule has 1 rings (SSSR count). The van der Waals surface area contributed by atoms with E-state index >= 15 is 0 Å². The summed E-state index contributed by atoms with van der Waals surface area (Å²) in [4.78, 5) is 0. The van der Waals surface area contributed by atoms with Crippen LogP contribution in [0, 0.1) is 19.3 Å². The molecule has 0 bridgehead atoms. The first-order valence-electron chi connectivity index (χ1n) is 3.16. The molecular weight excluding hydrogens is 112 g/mol. The molecule has 0 aromatic rings. The Hall–Kier alpha value is -0.300. The maximum absolute atomic E-state index is 5.54. The Balaban J connectivity index is 1.95. The van der Waals surface area contributed by atoms with Crippen LogP contribution < -0.4 is 0 Å². The van der Waals surface area contributed by atoms with Crippen LogP contribution in [-0.2, 0) is 4.74 Å². The van der Waals surface area contributed by atoms with Crippen LogP contribution in [0.1, 0.15) is 6.42 Å². The van der Waals surface area contributed by atoms with Crippen LogP contribution in [0.4, 0.5) is 0 Å². The van der Waals surface area contributed by atoms with Gasteiger partial charge >= 0.3 is 0 Å². The van der Waals surface area contributed by atoms with Gasteiger partial charge in [-0.25, -0.2) is 0 Å². The van der Waals surface area contributed by atoms with E-state index in [1.807, 2.05) is 0 Å². The SMILES string of the molecule is [CH]C(C=C)C[CH]C1CO1. The second-order valence-electron chi connectivity index (χ2n) is 2.24. The van der Waals surface area contributed by atoms with E-state index in [1.165, 1.54) is 0 Å². The molecule has 0 saturated carbocycles. The summed E-state index contributed by atoms with van der Waals surface area (Å²) >= 11 is 0. The Bertz CT molecular complexity index is 94.7. The van der Waals surface area contributed by atoms with Gasteiger partial charge in [0.2, 0.25) is 0 Å². The summed E-state index contributed by atoms with van der Waals surface area (Å²) in [5, 5.41) is 0. The lowest BCUT2D eigenvalue weighted by Crippen LogP contribution is -1.93. The van der Waals surface area contributed by atoms with Gasteiger partial charge in [-0.05, 0) is 25.7 Å². The largest absolute Gasteiger partial charge is 0.373 e. The first-order valence-corrected chi connectivity index (χ1v) is 3.16. The third-order valence-electron chi connectivity index (χ3n) is 1.33. The van der Waals surface area contributed by atoms with Crippen LogP contribution in [-0.4, -0.2) is 12.7 Å². The highest BCUT2D eigenvalue weighted by molar-refractivity contribution is 4.92. The van der Waals surface area contributed by atoms with Crippen molar-refractivity contribution in [2.45, 2.75) is 12.5 Å². The van der Waals surface area contributed by atoms with Gasteiger partial charge in [0.25, 0.3) is 0 Å². The standard InChI is InChI=1S/C8H11O/c1-3-7(2)4-5-8-6-9-8/h2-3,5,7-8H,1,4,6H2. The van der Waals surface area contributed by atoms with Gasteiger partial charge in [-0.2, -0.15) is 0 Å². The molecule has 3 radical (unpaired) electrons. The molecular formula is C8H11O. The van der Waals surface area contributed by atoms with Crippen molar-refractivity contribution >= 4 is 0 Å². The number of allylic oxidation sites excluding steroid dienone is 1. The van der Waals surface area contributed by atoms with Gasteiger partial charge in [-0.3, -0.25) is 0 Å². The molecule has 0 spiro atoms. The summed E-state index contributed by atoms with van der Waals surface area (Å²) in [6, 6.07) is 0. The zero-order valence-corrected chi connectivity index (χ0v) is 5.42. The summed E-state index contributed by atoms with van der Waals surface area (Å²) in [5.41, 5.74) is 0. The molecule has 1 heterocycles. The lowest BCUT2D eigenvalue weighted by Gasteiger charge is -2.00. The second-order valence-corrected chi connectivity index (χ2v) is 2.24. The summed E-state index contributed by atoms with van der Waals surface area (Å²) in [7, 11) is 0. The maximum Gasteiger partial charge on any atom is 0.0841 e. The van der Waals surface area contributed by atoms with E-state index in [9.17, 15) is 0 Å². The monoisotopic (exact) mass is 123 g/mol. The molecule has 0 aromatic carbocycles. The predicted molar refractivity (Wildman–Crippen MR) is 36.6 cm³/mol. The Morgan fingerprint density at radius 3 is 3.00 bits per heavy atom. The van der Waals surface area contributed by atoms with Crippen molar-refractivity contribution in [3.05, 3.63) is 26.0 Å². The van der Waals surface area contributed by atoms with Gasteiger partial charge in [-0.1, -0.05) is 6.08 Å². The number of epoxide rings is 1. The summed E-state index contributed by atoms with van der Waals surface area (Å²) in [6.45, 7) is 10.00. The van der Waals surface area contributed by atoms with Crippen molar-refractivity contribution < 1.29 is 4.74 Å². The molecule has 1 aliphatic heterocycles. The Morgan fingerprint density at radius 1 is 1.89 bits per heavy atom. The third-order valence-corrected chi connectivity index (χ3v) is 1.33. The van der Waals surface area contributed by atoms with Gasteiger partial charge in [0, 0.05) is 0 Å². The minimum Gasteiger partial charge on any atom is -0.373 e. The molecule has 0 amide bonds. The maximum atomic E-state index is 5.54. The first kappa shape index (κ1) is 6.81. The van der Waals surface area contributed by atoms with E-state index in [-0.39, 0.29) is 5.92 Å². The lowest BCUT2D eigenvalue weighted by molar-refractivity contribution is 0.422. The molecule has 9 heavy (non-hydrogen) atoms. The summed E-state index contributed by atoms with van der Waals surface area (Å²) in [6.07, 6.45) is 5.11. The van der Waals surface area contributed by atoms with E-state index in [2.05, 4.69) is 13.0 Å². The molecule has 2 atom stereocenters. The van der Waals surface area contributed by atoms with Crippen molar-refractivity contribution in [1.29, 1.82) is 0 Å². The highest BCUT2D eigenvalue weighted by atomic mass is 16.6. The van der Waals surface area contributed by atoms with E-state index in [0.29, 0.717) is 6.10 Å². The highest BCUT2D eigenvalue weighted by Gasteiger charge is 2.22. The van der Waals surface area contributed by atoms with E-state index < -0.39 is 0 Å². The van der Waals surface area contributed by atoms with Crippen molar-refractivity contribution in [2.24, 2.45) is 5.92 Å². The molecule has 1 aliphatic rings. The average molecular weight is 123 g/mol. The molecule has 2 unspecified atom stereocenters. The number of hydrogen-bond donors (Lipinski definition) is 0. The number of rotatable bonds is 4. The minimum atomic E-state index is 0.106. The zero-order valence-electron chi connectivity index (χ0n) is 5.42. The van der Waals surface area contributed by atoms with Gasteiger partial charge < -0.3 is 4.74 Å². The molecule has 1 heteroatoms. The van der Waals surface area contributed by atoms with Crippen molar-refractivity contribution in [3.63, 3.8) is 0 Å². The van der Waals surface area contributed by atoms with Gasteiger partial charge in [0.15, 0.2) is 0 Å². The Kier molecular flexibility index (Phi) is 2.29. The molecule has 0 aliphatic carbocycles. The van der Waals surface area contributed by atoms with Gasteiger partial charge in [-0.15, -0.1) is 6.58 Å². The number of hydrogen-bond acceptors (Lipinski definition) is 1. The highest BCUT2D eigenvalue weighted by Crippen LogP contribution is 2.17. The average Bonchev–Trinajstić information content (AvgIpc) is 2.65. The van der Waals surface area contributed by atoms with Crippen molar-refractivity contribution in [2.75, 3.05) is 6.61 Å². The van der Waals surface area contributed by atoms with Gasteiger partial charge in [0.1, 0.15) is 0 Å². The smallest absolute Gasteiger partial charge is 0.0841 e.